The third-order valence-corrected chi connectivity index (χ3v) is 8.71. The van der Waals surface area contributed by atoms with E-state index >= 15 is 0 Å². The summed E-state index contributed by atoms with van der Waals surface area (Å²) in [4.78, 5) is 11.8. The molecule has 0 saturated carbocycles. The smallest absolute Gasteiger partial charge is 0.308 e. The highest BCUT2D eigenvalue weighted by molar-refractivity contribution is 5.70. The molecule has 7 heteroatoms. The second-order valence-electron chi connectivity index (χ2n) is 12.4. The Balaban J connectivity index is 1.81. The summed E-state index contributed by atoms with van der Waals surface area (Å²) < 4.78 is 31.1. The van der Waals surface area contributed by atoms with Crippen molar-refractivity contribution in [1.29, 1.82) is 0 Å². The van der Waals surface area contributed by atoms with E-state index < -0.39 is 30.1 Å². The van der Waals surface area contributed by atoms with Gasteiger partial charge in [0.1, 0.15) is 5.75 Å². The van der Waals surface area contributed by atoms with Crippen LogP contribution in [0.3, 0.4) is 0 Å². The van der Waals surface area contributed by atoms with Crippen LogP contribution in [0.4, 0.5) is 0 Å². The van der Waals surface area contributed by atoms with E-state index in [9.17, 15) is 9.90 Å². The Hall–Kier alpha value is -1.93. The quantitative estimate of drug-likeness (QED) is 0.303. The molecule has 0 amide bonds. The Labute approximate surface area is 235 Å². The van der Waals surface area contributed by atoms with E-state index in [1.807, 2.05) is 51.1 Å². The van der Waals surface area contributed by atoms with Crippen molar-refractivity contribution >= 4 is 5.97 Å². The summed E-state index contributed by atoms with van der Waals surface area (Å²) in [5.41, 5.74) is 0.970. The van der Waals surface area contributed by atoms with Gasteiger partial charge in [-0.05, 0) is 63.5 Å². The van der Waals surface area contributed by atoms with Gasteiger partial charge in [-0.3, -0.25) is 4.79 Å². The van der Waals surface area contributed by atoms with Gasteiger partial charge in [0, 0.05) is 17.4 Å². The number of aliphatic carboxylic acids is 1. The summed E-state index contributed by atoms with van der Waals surface area (Å²) in [6, 6.07) is 7.87. The van der Waals surface area contributed by atoms with Gasteiger partial charge in [-0.15, -0.1) is 6.58 Å². The number of benzene rings is 1. The molecule has 39 heavy (non-hydrogen) atoms. The molecule has 2 aliphatic rings. The summed E-state index contributed by atoms with van der Waals surface area (Å²) in [5.74, 6) is -0.721. The Morgan fingerprint density at radius 2 is 1.46 bits per heavy atom. The van der Waals surface area contributed by atoms with E-state index in [2.05, 4.69) is 34.3 Å². The third-order valence-electron chi connectivity index (χ3n) is 8.71. The second kappa shape index (κ2) is 13.2. The molecule has 1 aromatic rings. The van der Waals surface area contributed by atoms with Crippen LogP contribution in [0.5, 0.6) is 5.75 Å². The number of carboxylic acids is 1. The number of methoxy groups -OCH3 is 1. The van der Waals surface area contributed by atoms with Crippen molar-refractivity contribution in [2.45, 2.75) is 105 Å². The number of allylic oxidation sites excluding steroid dienone is 1. The fraction of sp³-hybridized carbons (Fsp3) is 0.719. The first-order valence-electron chi connectivity index (χ1n) is 14.4. The third kappa shape index (κ3) is 7.43. The molecule has 0 bridgehead atoms. The summed E-state index contributed by atoms with van der Waals surface area (Å²) in [5, 5.41) is 9.69. The molecule has 0 aliphatic carbocycles. The van der Waals surface area contributed by atoms with Crippen LogP contribution in [0.1, 0.15) is 80.1 Å². The van der Waals surface area contributed by atoms with E-state index in [1.165, 1.54) is 0 Å². The van der Waals surface area contributed by atoms with Crippen LogP contribution in [0.15, 0.2) is 36.9 Å². The topological polar surface area (TPSA) is 83.5 Å². The zero-order chi connectivity index (χ0) is 29.1. The lowest BCUT2D eigenvalue weighted by atomic mass is 9.76. The summed E-state index contributed by atoms with van der Waals surface area (Å²) in [6.45, 7) is 20.3. The maximum absolute atomic E-state index is 11.8. The normalized spacial score (nSPS) is 33.9. The molecule has 1 aromatic carbocycles. The van der Waals surface area contributed by atoms with Gasteiger partial charge in [-0.2, -0.15) is 0 Å². The Bertz CT molecular complexity index is 944. The summed E-state index contributed by atoms with van der Waals surface area (Å²) in [7, 11) is 1.66. The maximum atomic E-state index is 11.8. The monoisotopic (exact) mass is 546 g/mol. The van der Waals surface area contributed by atoms with Gasteiger partial charge in [-0.25, -0.2) is 0 Å². The molecule has 0 aromatic heterocycles. The van der Waals surface area contributed by atoms with Crippen LogP contribution in [0, 0.1) is 35.5 Å². The summed E-state index contributed by atoms with van der Waals surface area (Å²) >= 11 is 0. The van der Waals surface area contributed by atoms with Crippen molar-refractivity contribution in [2.24, 2.45) is 35.5 Å². The Morgan fingerprint density at radius 3 is 2.00 bits per heavy atom. The minimum atomic E-state index is -0.851. The van der Waals surface area contributed by atoms with Crippen LogP contribution in [-0.4, -0.2) is 48.4 Å². The van der Waals surface area contributed by atoms with Crippen LogP contribution in [0.25, 0.3) is 0 Å². The zero-order valence-corrected chi connectivity index (χ0v) is 25.3. The molecule has 0 radical (unpaired) electrons. The van der Waals surface area contributed by atoms with E-state index in [1.54, 1.807) is 14.0 Å². The minimum absolute atomic E-state index is 0.0181. The lowest BCUT2D eigenvalue weighted by molar-refractivity contribution is -0.334. The number of carbonyl (C=O) groups is 1. The molecule has 7 nitrogen and oxygen atoms in total. The van der Waals surface area contributed by atoms with Crippen LogP contribution >= 0.6 is 0 Å². The largest absolute Gasteiger partial charge is 0.497 e. The van der Waals surface area contributed by atoms with Gasteiger partial charge < -0.3 is 28.8 Å². The van der Waals surface area contributed by atoms with Gasteiger partial charge >= 0.3 is 5.97 Å². The highest BCUT2D eigenvalue weighted by Gasteiger charge is 2.48. The van der Waals surface area contributed by atoms with Crippen molar-refractivity contribution in [1.82, 2.24) is 0 Å². The molecule has 1 N–H and O–H groups in total. The maximum Gasteiger partial charge on any atom is 0.308 e. The molecular weight excluding hydrogens is 496 g/mol. The average Bonchev–Trinajstić information content (AvgIpc) is 2.89. The first-order chi connectivity index (χ1) is 18.3. The van der Waals surface area contributed by atoms with Crippen LogP contribution in [0.2, 0.25) is 0 Å². The molecule has 0 unspecified atom stereocenters. The predicted molar refractivity (Wildman–Crippen MR) is 151 cm³/mol. The van der Waals surface area contributed by atoms with Crippen molar-refractivity contribution in [3.63, 3.8) is 0 Å². The lowest BCUT2D eigenvalue weighted by Gasteiger charge is -2.49. The van der Waals surface area contributed by atoms with Gasteiger partial charge in [0.15, 0.2) is 12.1 Å². The van der Waals surface area contributed by atoms with Crippen molar-refractivity contribution in [3.8, 4) is 5.75 Å². The lowest BCUT2D eigenvalue weighted by Crippen LogP contribution is -2.55. The van der Waals surface area contributed by atoms with E-state index in [4.69, 9.17) is 23.7 Å². The number of carboxylic acid groups (broad SMARTS) is 1. The van der Waals surface area contributed by atoms with Crippen molar-refractivity contribution in [2.75, 3.05) is 7.11 Å². The molecular formula is C32H50O7. The van der Waals surface area contributed by atoms with Crippen molar-refractivity contribution in [3.05, 3.63) is 42.5 Å². The minimum Gasteiger partial charge on any atom is -0.497 e. The van der Waals surface area contributed by atoms with Gasteiger partial charge in [-0.1, -0.05) is 52.8 Å². The SMILES string of the molecule is C=CC[C@@H](C)[C@H]1O[C@@H](c2ccc(OC)cc2)O[C@H]([C@@H](C)C[C@@H](C)[C@H]2OC(C)(C)O[C@@H]([C@H](C)C(=O)O)[C@H]2C)[C@H]1C. The molecule has 0 spiro atoms. The highest BCUT2D eigenvalue weighted by atomic mass is 16.7. The number of hydrogen-bond acceptors (Lipinski definition) is 6. The van der Waals surface area contributed by atoms with Crippen LogP contribution < -0.4 is 4.74 Å². The fourth-order valence-corrected chi connectivity index (χ4v) is 6.64. The molecule has 2 saturated heterocycles. The Kier molecular flexibility index (Phi) is 10.7. The van der Waals surface area contributed by atoms with Gasteiger partial charge in [0.25, 0.3) is 0 Å². The van der Waals surface area contributed by atoms with Gasteiger partial charge in [0.05, 0.1) is 37.4 Å². The second-order valence-corrected chi connectivity index (χ2v) is 12.4. The molecule has 2 fully saturated rings. The number of ether oxygens (including phenoxy) is 5. The van der Waals surface area contributed by atoms with E-state index in [-0.39, 0.29) is 42.0 Å². The highest BCUT2D eigenvalue weighted by Crippen LogP contribution is 2.43. The van der Waals surface area contributed by atoms with E-state index in [0.717, 1.165) is 24.2 Å². The molecule has 11 atom stereocenters. The molecule has 3 rings (SSSR count). The van der Waals surface area contributed by atoms with Crippen LogP contribution in [-0.2, 0) is 23.7 Å². The Morgan fingerprint density at radius 1 is 0.949 bits per heavy atom. The predicted octanol–water partition coefficient (Wildman–Crippen LogP) is 6.87. The van der Waals surface area contributed by atoms with Crippen molar-refractivity contribution < 1.29 is 33.6 Å². The standard InChI is InChI=1S/C32H50O7/c1-11-12-18(2)26-21(5)27(37-31(36-26)24-13-15-25(35-10)16-14-24)19(3)17-20(4)28-22(6)29(23(7)30(33)34)39-32(8,9)38-28/h11,13-16,18-23,26-29,31H,1,12,17H2,2-10H3,(H,33,34)/t18-,19+,20-,21+,22+,23+,26-,27-,28-,29-,31-/m1/s1. The summed E-state index contributed by atoms with van der Waals surface area (Å²) in [6.07, 6.45) is 2.66. The first-order valence-corrected chi connectivity index (χ1v) is 14.4. The first kappa shape index (κ1) is 31.6. The molecule has 220 valence electrons. The van der Waals surface area contributed by atoms with E-state index in [0.29, 0.717) is 5.92 Å². The fourth-order valence-electron chi connectivity index (χ4n) is 6.64. The average molecular weight is 547 g/mol. The number of rotatable bonds is 11. The molecule has 2 aliphatic heterocycles. The number of hydrogen-bond donors (Lipinski definition) is 1. The zero-order valence-electron chi connectivity index (χ0n) is 25.3. The molecule has 2 heterocycles. The van der Waals surface area contributed by atoms with Gasteiger partial charge in [0.2, 0.25) is 0 Å².